The number of benzene rings is 2. The van der Waals surface area contributed by atoms with Gasteiger partial charge in [-0.2, -0.15) is 5.10 Å². The number of aryl methyl sites for hydroxylation is 1. The zero-order valence-corrected chi connectivity index (χ0v) is 19.8. The monoisotopic (exact) mass is 502 g/mol. The lowest BCUT2D eigenvalue weighted by atomic mass is 10.1. The predicted octanol–water partition coefficient (Wildman–Crippen LogP) is 4.30. The normalized spacial score (nSPS) is 10.9. The quantitative estimate of drug-likeness (QED) is 0.342. The molecule has 0 unspecified atom stereocenters. The number of hydrogen-bond donors (Lipinski definition) is 2. The smallest absolute Gasteiger partial charge is 0.254 e. The molecule has 0 atom stereocenters. The zero-order valence-electron chi connectivity index (χ0n) is 18.9. The molecule has 5 rings (SSSR count). The molecule has 0 aliphatic carbocycles. The molecule has 3 N–H and O–H groups in total. The maximum atomic E-state index is 14.6. The highest BCUT2D eigenvalue weighted by atomic mass is 32.1. The number of pyridine rings is 1. The molecule has 3 heterocycles. The van der Waals surface area contributed by atoms with Crippen LogP contribution in [0.4, 0.5) is 9.52 Å². The van der Waals surface area contributed by atoms with E-state index in [4.69, 9.17) is 10.5 Å². The van der Waals surface area contributed by atoms with Crippen LogP contribution in [0.5, 0.6) is 11.6 Å². The number of carbonyl (C=O) groups excluding carboxylic acids is 2. The van der Waals surface area contributed by atoms with E-state index in [0.717, 1.165) is 21.3 Å². The number of hydrogen-bond acceptors (Lipinski definition) is 7. The third kappa shape index (κ3) is 4.91. The van der Waals surface area contributed by atoms with Gasteiger partial charge in [-0.05, 0) is 47.5 Å². The van der Waals surface area contributed by atoms with Crippen molar-refractivity contribution in [2.45, 2.75) is 6.42 Å². The number of nitrogens with two attached hydrogens (primary N) is 1. The number of halogens is 1. The molecule has 36 heavy (non-hydrogen) atoms. The highest BCUT2D eigenvalue weighted by Gasteiger charge is 2.15. The number of primary amides is 1. The number of rotatable bonds is 7. The van der Waals surface area contributed by atoms with E-state index in [1.54, 1.807) is 16.9 Å². The van der Waals surface area contributed by atoms with Gasteiger partial charge in [0.2, 0.25) is 11.8 Å². The molecule has 180 valence electrons. The number of ether oxygens (including phenoxy) is 1. The van der Waals surface area contributed by atoms with Crippen molar-refractivity contribution in [3.8, 4) is 22.8 Å². The van der Waals surface area contributed by atoms with E-state index in [1.807, 2.05) is 31.4 Å². The van der Waals surface area contributed by atoms with Gasteiger partial charge in [0, 0.05) is 25.0 Å². The number of amides is 2. The Labute approximate surface area is 208 Å². The van der Waals surface area contributed by atoms with Crippen LogP contribution in [0.15, 0.2) is 67.1 Å². The molecule has 2 aromatic carbocycles. The number of aromatic nitrogens is 4. The van der Waals surface area contributed by atoms with Crippen LogP contribution in [-0.4, -0.2) is 31.6 Å². The maximum absolute atomic E-state index is 14.6. The summed E-state index contributed by atoms with van der Waals surface area (Å²) in [6.07, 6.45) is 5.03. The van der Waals surface area contributed by atoms with Crippen LogP contribution in [-0.2, 0) is 18.3 Å². The van der Waals surface area contributed by atoms with Crippen molar-refractivity contribution in [2.75, 3.05) is 5.32 Å². The van der Waals surface area contributed by atoms with Crippen molar-refractivity contribution in [3.05, 3.63) is 84.1 Å². The molecule has 3 aromatic heterocycles. The second kappa shape index (κ2) is 9.55. The first-order valence-corrected chi connectivity index (χ1v) is 11.6. The van der Waals surface area contributed by atoms with Gasteiger partial charge < -0.3 is 15.8 Å². The minimum atomic E-state index is -0.741. The molecule has 0 fully saturated rings. The molecule has 0 aliphatic rings. The van der Waals surface area contributed by atoms with Crippen molar-refractivity contribution in [1.82, 2.24) is 19.7 Å². The number of anilines is 1. The summed E-state index contributed by atoms with van der Waals surface area (Å²) in [7, 11) is 1.85. The van der Waals surface area contributed by atoms with Crippen LogP contribution in [0.25, 0.3) is 21.3 Å². The Morgan fingerprint density at radius 2 is 2.03 bits per heavy atom. The first kappa shape index (κ1) is 23.1. The zero-order chi connectivity index (χ0) is 25.2. The van der Waals surface area contributed by atoms with E-state index in [0.29, 0.717) is 10.7 Å². The lowest BCUT2D eigenvalue weighted by molar-refractivity contribution is -0.115. The van der Waals surface area contributed by atoms with Crippen LogP contribution in [0, 0.1) is 5.82 Å². The number of nitrogens with zero attached hydrogens (tertiary/aromatic N) is 4. The molecule has 0 radical (unpaired) electrons. The summed E-state index contributed by atoms with van der Waals surface area (Å²) in [6, 6.07) is 13.0. The fraction of sp³-hybridized carbons (Fsp3) is 0.0800. The predicted molar refractivity (Wildman–Crippen MR) is 133 cm³/mol. The van der Waals surface area contributed by atoms with Crippen molar-refractivity contribution < 1.29 is 18.7 Å². The van der Waals surface area contributed by atoms with Crippen LogP contribution in [0.3, 0.4) is 0 Å². The van der Waals surface area contributed by atoms with Crippen molar-refractivity contribution in [3.63, 3.8) is 0 Å². The van der Waals surface area contributed by atoms with Gasteiger partial charge in [-0.25, -0.2) is 14.4 Å². The number of carbonyl (C=O) groups is 2. The van der Waals surface area contributed by atoms with Gasteiger partial charge in [0.25, 0.3) is 5.91 Å². The molecule has 0 bridgehead atoms. The van der Waals surface area contributed by atoms with E-state index < -0.39 is 11.7 Å². The fourth-order valence-corrected chi connectivity index (χ4v) is 4.44. The summed E-state index contributed by atoms with van der Waals surface area (Å²) in [6.45, 7) is 0. The highest BCUT2D eigenvalue weighted by Crippen LogP contribution is 2.30. The second-order valence-corrected chi connectivity index (χ2v) is 8.95. The minimum Gasteiger partial charge on any atom is -0.435 e. The van der Waals surface area contributed by atoms with E-state index in [9.17, 15) is 14.0 Å². The lowest BCUT2D eigenvalue weighted by Gasteiger charge is -2.09. The van der Waals surface area contributed by atoms with Crippen LogP contribution in [0.1, 0.15) is 15.9 Å². The molecule has 0 spiro atoms. The molecule has 9 nitrogen and oxygen atoms in total. The first-order chi connectivity index (χ1) is 17.4. The van der Waals surface area contributed by atoms with Gasteiger partial charge in [0.1, 0.15) is 5.56 Å². The van der Waals surface area contributed by atoms with Crippen molar-refractivity contribution in [2.24, 2.45) is 12.8 Å². The SMILES string of the molecule is Cn1cc(-c2ccc3sc(NC(=O)Cc4ccc(Oc5ncccc5C(N)=O)c(F)c4)nc3c2)cn1. The third-order valence-corrected chi connectivity index (χ3v) is 6.23. The molecule has 0 saturated carbocycles. The second-order valence-electron chi connectivity index (χ2n) is 7.92. The van der Waals surface area contributed by atoms with Gasteiger partial charge in [-0.1, -0.05) is 23.5 Å². The summed E-state index contributed by atoms with van der Waals surface area (Å²) in [5.74, 6) is -2.03. The molecular formula is C25H19FN6O3S. The molecule has 11 heteroatoms. The first-order valence-electron chi connectivity index (χ1n) is 10.8. The average Bonchev–Trinajstić information content (AvgIpc) is 3.45. The van der Waals surface area contributed by atoms with E-state index >= 15 is 0 Å². The number of thiazole rings is 1. The van der Waals surface area contributed by atoms with Gasteiger partial charge in [0.05, 0.1) is 22.8 Å². The van der Waals surface area contributed by atoms with E-state index in [1.165, 1.54) is 41.8 Å². The highest BCUT2D eigenvalue weighted by molar-refractivity contribution is 7.22. The summed E-state index contributed by atoms with van der Waals surface area (Å²) in [5, 5.41) is 7.41. The maximum Gasteiger partial charge on any atom is 0.254 e. The number of fused-ring (bicyclic) bond motifs is 1. The standard InChI is InChI=1S/C25H19FN6O3S/c1-32-13-16(12-29-32)15-5-7-21-19(11-15)30-25(36-21)31-22(33)10-14-4-6-20(18(26)9-14)35-24-17(23(27)34)3-2-8-28-24/h2-9,11-13H,10H2,1H3,(H2,27,34)(H,30,31,33). The van der Waals surface area contributed by atoms with Crippen LogP contribution >= 0.6 is 11.3 Å². The Hall–Kier alpha value is -4.64. The van der Waals surface area contributed by atoms with Crippen LogP contribution < -0.4 is 15.8 Å². The number of nitrogens with one attached hydrogen (secondary N) is 1. The Bertz CT molecular complexity index is 1610. The van der Waals surface area contributed by atoms with Crippen molar-refractivity contribution >= 4 is 38.5 Å². The molecule has 5 aromatic rings. The summed E-state index contributed by atoms with van der Waals surface area (Å²) in [4.78, 5) is 32.5. The summed E-state index contributed by atoms with van der Waals surface area (Å²) >= 11 is 1.35. The fourth-order valence-electron chi connectivity index (χ4n) is 3.58. The Kier molecular flexibility index (Phi) is 6.13. The van der Waals surface area contributed by atoms with Crippen molar-refractivity contribution in [1.29, 1.82) is 0 Å². The van der Waals surface area contributed by atoms with E-state index in [-0.39, 0.29) is 29.5 Å². The molecule has 0 saturated heterocycles. The van der Waals surface area contributed by atoms with Gasteiger partial charge in [-0.3, -0.25) is 14.3 Å². The summed E-state index contributed by atoms with van der Waals surface area (Å²) in [5.41, 5.74) is 8.48. The van der Waals surface area contributed by atoms with Crippen LogP contribution in [0.2, 0.25) is 0 Å². The van der Waals surface area contributed by atoms with Gasteiger partial charge >= 0.3 is 0 Å². The molecular weight excluding hydrogens is 483 g/mol. The topological polar surface area (TPSA) is 125 Å². The summed E-state index contributed by atoms with van der Waals surface area (Å²) < 4.78 is 22.7. The molecule has 0 aliphatic heterocycles. The van der Waals surface area contributed by atoms with E-state index in [2.05, 4.69) is 20.4 Å². The van der Waals surface area contributed by atoms with Gasteiger partial charge in [0.15, 0.2) is 16.7 Å². The average molecular weight is 503 g/mol. The molecule has 2 amide bonds. The lowest BCUT2D eigenvalue weighted by Crippen LogP contribution is -2.14. The Morgan fingerprint density at radius 3 is 2.78 bits per heavy atom. The Morgan fingerprint density at radius 1 is 1.17 bits per heavy atom. The Balaban J connectivity index is 1.27. The minimum absolute atomic E-state index is 0.0312. The third-order valence-electron chi connectivity index (χ3n) is 5.28. The largest absolute Gasteiger partial charge is 0.435 e. The van der Waals surface area contributed by atoms with Gasteiger partial charge in [-0.15, -0.1) is 0 Å².